The van der Waals surface area contributed by atoms with E-state index in [1.165, 1.54) is 39.9 Å². The Balaban J connectivity index is 0.00000360. The summed E-state index contributed by atoms with van der Waals surface area (Å²) in [6.07, 6.45) is 5.58. The van der Waals surface area contributed by atoms with Gasteiger partial charge in [-0.3, -0.25) is 9.69 Å². The number of ether oxygens (including phenoxy) is 2. The molecule has 1 aliphatic heterocycles. The predicted octanol–water partition coefficient (Wildman–Crippen LogP) is 10.7. The number of hydrogen-bond acceptors (Lipinski definition) is 5. The van der Waals surface area contributed by atoms with Crippen LogP contribution in [-0.4, -0.2) is 50.7 Å². The zero-order valence-electron chi connectivity index (χ0n) is 33.6. The van der Waals surface area contributed by atoms with Crippen LogP contribution in [-0.2, 0) is 23.1 Å². The van der Waals surface area contributed by atoms with Gasteiger partial charge in [0.2, 0.25) is 5.91 Å². The van der Waals surface area contributed by atoms with E-state index in [0.717, 1.165) is 67.9 Å². The third kappa shape index (κ3) is 11.5. The van der Waals surface area contributed by atoms with Gasteiger partial charge in [-0.25, -0.2) is 4.39 Å². The van der Waals surface area contributed by atoms with Crippen LogP contribution in [0.5, 0.6) is 11.5 Å². The van der Waals surface area contributed by atoms with E-state index in [0.29, 0.717) is 25.4 Å². The average molecular weight is 815 g/mol. The SMILES string of the molecule is COc1cc2c(cc1OC)C(c1ccc(NC(C)C)cc1)N(CCCC(CCCNC(=O)CCc1ccc(F)cc1)(c1ccccc1)c1ccccc1)CC2.Cl.Cl. The summed E-state index contributed by atoms with van der Waals surface area (Å²) in [5.74, 6) is 1.28. The van der Waals surface area contributed by atoms with Gasteiger partial charge in [0.05, 0.1) is 20.3 Å². The maximum Gasteiger partial charge on any atom is 0.220 e. The van der Waals surface area contributed by atoms with Crippen molar-refractivity contribution in [3.8, 4) is 11.5 Å². The third-order valence-electron chi connectivity index (χ3n) is 11.0. The van der Waals surface area contributed by atoms with Crippen molar-refractivity contribution in [1.82, 2.24) is 10.2 Å². The molecule has 0 radical (unpaired) electrons. The van der Waals surface area contributed by atoms with Gasteiger partial charge in [0.25, 0.3) is 0 Å². The number of benzene rings is 5. The van der Waals surface area contributed by atoms with E-state index >= 15 is 0 Å². The normalized spacial score (nSPS) is 13.8. The fourth-order valence-corrected chi connectivity index (χ4v) is 8.31. The highest BCUT2D eigenvalue weighted by molar-refractivity contribution is 5.85. The van der Waals surface area contributed by atoms with E-state index in [1.807, 2.05) is 0 Å². The predicted molar refractivity (Wildman–Crippen MR) is 236 cm³/mol. The molecule has 0 aromatic heterocycles. The number of nitrogens with one attached hydrogen (secondary N) is 2. The van der Waals surface area contributed by atoms with Gasteiger partial charge in [0, 0.05) is 36.7 Å². The number of carbonyl (C=O) groups excluding carboxylic acids is 1. The number of anilines is 1. The number of aryl methyl sites for hydroxylation is 1. The van der Waals surface area contributed by atoms with Crippen molar-refractivity contribution in [3.63, 3.8) is 0 Å². The van der Waals surface area contributed by atoms with Crippen molar-refractivity contribution in [2.75, 3.05) is 39.2 Å². The quantitative estimate of drug-likeness (QED) is 0.0863. The van der Waals surface area contributed by atoms with Gasteiger partial charge in [-0.05, 0) is 129 Å². The van der Waals surface area contributed by atoms with Crippen LogP contribution in [0.4, 0.5) is 10.1 Å². The van der Waals surface area contributed by atoms with Crippen molar-refractivity contribution >= 4 is 36.4 Å². The highest BCUT2D eigenvalue weighted by atomic mass is 35.5. The Labute approximate surface area is 351 Å². The minimum atomic E-state index is -0.263. The Morgan fingerprint density at radius 2 is 1.40 bits per heavy atom. The van der Waals surface area contributed by atoms with E-state index in [1.54, 1.807) is 26.4 Å². The third-order valence-corrected chi connectivity index (χ3v) is 11.0. The van der Waals surface area contributed by atoms with Crippen LogP contribution in [0.3, 0.4) is 0 Å². The van der Waals surface area contributed by atoms with Crippen molar-refractivity contribution in [2.24, 2.45) is 0 Å². The van der Waals surface area contributed by atoms with Crippen molar-refractivity contribution in [3.05, 3.63) is 161 Å². The molecule has 6 nitrogen and oxygen atoms in total. The van der Waals surface area contributed by atoms with Crippen LogP contribution in [0.1, 0.15) is 85.4 Å². The van der Waals surface area contributed by atoms with Gasteiger partial charge < -0.3 is 20.1 Å². The molecular formula is C48H58Cl2FN3O3. The summed E-state index contributed by atoms with van der Waals surface area (Å²) in [4.78, 5) is 15.5. The summed E-state index contributed by atoms with van der Waals surface area (Å²) in [7, 11) is 3.41. The lowest BCUT2D eigenvalue weighted by molar-refractivity contribution is -0.121. The minimum Gasteiger partial charge on any atom is -0.493 e. The number of carbonyl (C=O) groups is 1. The van der Waals surface area contributed by atoms with Gasteiger partial charge >= 0.3 is 0 Å². The summed E-state index contributed by atoms with van der Waals surface area (Å²) in [6.45, 7) is 6.78. The number of amides is 1. The second-order valence-corrected chi connectivity index (χ2v) is 15.0. The van der Waals surface area contributed by atoms with Gasteiger partial charge in [-0.1, -0.05) is 84.9 Å². The first kappa shape index (κ1) is 45.1. The summed E-state index contributed by atoms with van der Waals surface area (Å²) >= 11 is 0. The Kier molecular flexibility index (Phi) is 17.3. The molecule has 2 N–H and O–H groups in total. The smallest absolute Gasteiger partial charge is 0.220 e. The van der Waals surface area contributed by atoms with Gasteiger partial charge in [-0.15, -0.1) is 24.8 Å². The summed E-state index contributed by atoms with van der Waals surface area (Å²) in [6, 6.07) is 41.9. The van der Waals surface area contributed by atoms with Crippen LogP contribution in [0, 0.1) is 5.82 Å². The molecule has 0 saturated heterocycles. The molecule has 1 amide bonds. The first-order chi connectivity index (χ1) is 26.8. The first-order valence-electron chi connectivity index (χ1n) is 19.8. The van der Waals surface area contributed by atoms with Gasteiger partial charge in [0.15, 0.2) is 11.5 Å². The van der Waals surface area contributed by atoms with Crippen molar-refractivity contribution in [1.29, 1.82) is 0 Å². The van der Waals surface area contributed by atoms with Gasteiger partial charge in [0.1, 0.15) is 5.82 Å². The van der Waals surface area contributed by atoms with Crippen LogP contribution >= 0.6 is 24.8 Å². The number of halogens is 3. The number of rotatable bonds is 18. The minimum absolute atomic E-state index is 0. The number of nitrogens with zero attached hydrogens (tertiary/aromatic N) is 1. The molecule has 1 heterocycles. The summed E-state index contributed by atoms with van der Waals surface area (Å²) < 4.78 is 24.9. The zero-order chi connectivity index (χ0) is 38.6. The van der Waals surface area contributed by atoms with E-state index in [4.69, 9.17) is 9.47 Å². The molecule has 0 bridgehead atoms. The maximum absolute atomic E-state index is 13.3. The van der Waals surface area contributed by atoms with Crippen LogP contribution in [0.25, 0.3) is 0 Å². The molecule has 0 saturated carbocycles. The molecule has 1 unspecified atom stereocenters. The highest BCUT2D eigenvalue weighted by Gasteiger charge is 2.35. The van der Waals surface area contributed by atoms with E-state index < -0.39 is 0 Å². The Bertz CT molecular complexity index is 1920. The van der Waals surface area contributed by atoms with Gasteiger partial charge in [-0.2, -0.15) is 0 Å². The lowest BCUT2D eigenvalue weighted by Gasteiger charge is -2.40. The molecule has 5 aromatic rings. The van der Waals surface area contributed by atoms with Crippen LogP contribution in [0.2, 0.25) is 0 Å². The molecule has 1 atom stereocenters. The van der Waals surface area contributed by atoms with E-state index in [9.17, 15) is 9.18 Å². The zero-order valence-corrected chi connectivity index (χ0v) is 35.3. The maximum atomic E-state index is 13.3. The number of methoxy groups -OCH3 is 2. The fraction of sp³-hybridized carbons (Fsp3) is 0.354. The Morgan fingerprint density at radius 3 is 2.00 bits per heavy atom. The molecule has 6 rings (SSSR count). The first-order valence-corrected chi connectivity index (χ1v) is 19.8. The van der Waals surface area contributed by atoms with Crippen molar-refractivity contribution in [2.45, 2.75) is 76.3 Å². The molecule has 57 heavy (non-hydrogen) atoms. The molecule has 0 aliphatic carbocycles. The number of hydrogen-bond donors (Lipinski definition) is 2. The standard InChI is InChI=1S/C48H56FN3O3.2ClH/c1-35(2)51-42-24-20-37(21-25-42)47-43-34-45(55-4)44(54-3)33-38(43)27-32-52(47)31-12-29-48(39-13-7-5-8-14-39,40-15-9-6-10-16-40)28-11-30-50-46(53)26-19-36-17-22-41(49)23-18-36;;/h5-10,13-18,20-25,33-35,47,51H,11-12,19,26-32H2,1-4H3,(H,50,53);2*1H. The molecule has 0 fully saturated rings. The second kappa shape index (κ2) is 21.8. The van der Waals surface area contributed by atoms with Crippen LogP contribution < -0.4 is 20.1 Å². The molecular weight excluding hydrogens is 756 g/mol. The van der Waals surface area contributed by atoms with E-state index in [-0.39, 0.29) is 48.0 Å². The number of fused-ring (bicyclic) bond motifs is 1. The Morgan fingerprint density at radius 1 is 0.807 bits per heavy atom. The highest BCUT2D eigenvalue weighted by Crippen LogP contribution is 2.44. The molecule has 0 spiro atoms. The summed E-state index contributed by atoms with van der Waals surface area (Å²) in [5.41, 5.74) is 8.27. The molecule has 9 heteroatoms. The van der Waals surface area contributed by atoms with Crippen molar-refractivity contribution < 1.29 is 18.7 Å². The largest absolute Gasteiger partial charge is 0.493 e. The second-order valence-electron chi connectivity index (χ2n) is 15.0. The fourth-order valence-electron chi connectivity index (χ4n) is 8.31. The lowest BCUT2D eigenvalue weighted by Crippen LogP contribution is -2.38. The summed E-state index contributed by atoms with van der Waals surface area (Å²) in [5, 5.41) is 6.71. The Hall–Kier alpha value is -4.56. The van der Waals surface area contributed by atoms with Crippen LogP contribution in [0.15, 0.2) is 121 Å². The molecule has 304 valence electrons. The average Bonchev–Trinajstić information content (AvgIpc) is 3.21. The topological polar surface area (TPSA) is 62.8 Å². The molecule has 5 aromatic carbocycles. The lowest BCUT2D eigenvalue weighted by atomic mass is 9.68. The monoisotopic (exact) mass is 813 g/mol. The van der Waals surface area contributed by atoms with E-state index in [2.05, 4.69) is 126 Å². The molecule has 1 aliphatic rings.